The van der Waals surface area contributed by atoms with Gasteiger partial charge in [-0.1, -0.05) is 83.8 Å². The van der Waals surface area contributed by atoms with Crippen LogP contribution in [0.5, 0.6) is 0 Å². The summed E-state index contributed by atoms with van der Waals surface area (Å²) in [6.45, 7) is 4.41. The number of rotatable bonds is 17. The monoisotopic (exact) mass is 324 g/mol. The number of carbonyl (C=O) groups is 1. The van der Waals surface area contributed by atoms with E-state index in [1.807, 2.05) is 0 Å². The molecule has 0 aromatic heterocycles. The second-order valence-corrected chi connectivity index (χ2v) is 6.92. The summed E-state index contributed by atoms with van der Waals surface area (Å²) in [7, 11) is 0. The molecule has 0 aliphatic rings. The second kappa shape index (κ2) is 17.6. The predicted molar refractivity (Wildman–Crippen MR) is 101 cm³/mol. The summed E-state index contributed by atoms with van der Waals surface area (Å²) in [6, 6.07) is 0. The lowest BCUT2D eigenvalue weighted by atomic mass is 9.93. The van der Waals surface area contributed by atoms with Gasteiger partial charge >= 0.3 is 5.97 Å². The average molecular weight is 325 g/mol. The number of carboxylic acids is 1. The zero-order valence-corrected chi connectivity index (χ0v) is 15.7. The van der Waals surface area contributed by atoms with Crippen molar-refractivity contribution in [2.75, 3.05) is 0 Å². The molecule has 23 heavy (non-hydrogen) atoms. The maximum atomic E-state index is 10.8. The predicted octanol–water partition coefficient (Wildman–Crippen LogP) is 7.13. The molecule has 1 unspecified atom stereocenters. The molecule has 1 atom stereocenters. The van der Waals surface area contributed by atoms with Gasteiger partial charge in [0, 0.05) is 6.42 Å². The summed E-state index contributed by atoms with van der Waals surface area (Å²) in [5, 5.41) is 8.91. The van der Waals surface area contributed by atoms with E-state index in [1.165, 1.54) is 70.6 Å². The van der Waals surface area contributed by atoms with Crippen molar-refractivity contribution in [1.29, 1.82) is 0 Å². The van der Waals surface area contributed by atoms with E-state index in [9.17, 15) is 4.79 Å². The van der Waals surface area contributed by atoms with Gasteiger partial charge in [-0.2, -0.15) is 0 Å². The van der Waals surface area contributed by atoms with Crippen LogP contribution >= 0.6 is 0 Å². The molecule has 0 radical (unpaired) electrons. The van der Waals surface area contributed by atoms with E-state index >= 15 is 0 Å². The molecule has 0 heterocycles. The van der Waals surface area contributed by atoms with Crippen LogP contribution in [0.4, 0.5) is 0 Å². The molecule has 2 heteroatoms. The third-order valence-corrected chi connectivity index (χ3v) is 4.53. The van der Waals surface area contributed by atoms with Crippen molar-refractivity contribution in [2.24, 2.45) is 5.92 Å². The quantitative estimate of drug-likeness (QED) is 0.228. The van der Waals surface area contributed by atoms with E-state index in [4.69, 9.17) is 5.11 Å². The van der Waals surface area contributed by atoms with Crippen LogP contribution in [0.15, 0.2) is 12.2 Å². The van der Waals surface area contributed by atoms with Crippen molar-refractivity contribution in [3.8, 4) is 0 Å². The van der Waals surface area contributed by atoms with Crippen LogP contribution in [0.2, 0.25) is 0 Å². The molecule has 136 valence electrons. The molecule has 1 N–H and O–H groups in total. The van der Waals surface area contributed by atoms with Crippen LogP contribution in [0.1, 0.15) is 110 Å². The van der Waals surface area contributed by atoms with Gasteiger partial charge in [0.15, 0.2) is 0 Å². The first kappa shape index (κ1) is 22.2. The minimum atomic E-state index is -0.638. The highest BCUT2D eigenvalue weighted by Crippen LogP contribution is 2.19. The normalized spacial score (nSPS) is 12.8. The van der Waals surface area contributed by atoms with E-state index < -0.39 is 5.97 Å². The van der Waals surface area contributed by atoms with Gasteiger partial charge in [0.2, 0.25) is 0 Å². The Labute approximate surface area is 144 Å². The van der Waals surface area contributed by atoms with E-state index in [1.54, 1.807) is 0 Å². The molecule has 0 saturated carbocycles. The molecule has 2 nitrogen and oxygen atoms in total. The van der Waals surface area contributed by atoms with Crippen LogP contribution in [0.3, 0.4) is 0 Å². The third-order valence-electron chi connectivity index (χ3n) is 4.53. The molecular formula is C21H40O2. The molecule has 0 bridgehead atoms. The van der Waals surface area contributed by atoms with Crippen molar-refractivity contribution in [1.82, 2.24) is 0 Å². The number of aliphatic carboxylic acids is 1. The van der Waals surface area contributed by atoms with Gasteiger partial charge in [-0.15, -0.1) is 0 Å². The summed E-state index contributed by atoms with van der Waals surface area (Å²) in [5.74, 6) is -0.248. The summed E-state index contributed by atoms with van der Waals surface area (Å²) in [4.78, 5) is 10.8. The van der Waals surface area contributed by atoms with Crippen molar-refractivity contribution in [3.05, 3.63) is 12.2 Å². The van der Waals surface area contributed by atoms with Gasteiger partial charge in [0.05, 0.1) is 0 Å². The van der Waals surface area contributed by atoms with Gasteiger partial charge in [-0.25, -0.2) is 0 Å². The SMILES string of the molecule is CCCCCCCC/C=C\CCCCCC(CCC)CC(=O)O. The van der Waals surface area contributed by atoms with Crippen LogP contribution in [0.25, 0.3) is 0 Å². The van der Waals surface area contributed by atoms with Gasteiger partial charge in [0.1, 0.15) is 0 Å². The molecule has 0 saturated heterocycles. The molecule has 0 aromatic carbocycles. The standard InChI is InChI=1S/C21H40O2/c1-3-5-6-7-8-9-10-11-12-13-14-15-16-18-20(17-4-2)19-21(22)23/h11-12,20H,3-10,13-19H2,1-2H3,(H,22,23)/b12-11-. The maximum absolute atomic E-state index is 10.8. The van der Waals surface area contributed by atoms with Crippen LogP contribution in [-0.2, 0) is 4.79 Å². The number of hydrogen-bond donors (Lipinski definition) is 1. The lowest BCUT2D eigenvalue weighted by molar-refractivity contribution is -0.138. The fourth-order valence-corrected chi connectivity index (χ4v) is 3.15. The molecule has 0 aromatic rings. The fraction of sp³-hybridized carbons (Fsp3) is 0.857. The summed E-state index contributed by atoms with van der Waals surface area (Å²) in [6.07, 6.45) is 22.6. The number of hydrogen-bond acceptors (Lipinski definition) is 1. The van der Waals surface area contributed by atoms with Gasteiger partial charge < -0.3 is 5.11 Å². The Balaban J connectivity index is 3.39. The van der Waals surface area contributed by atoms with Crippen LogP contribution in [-0.4, -0.2) is 11.1 Å². The first-order valence-electron chi connectivity index (χ1n) is 10.1. The number of allylic oxidation sites excluding steroid dienone is 2. The second-order valence-electron chi connectivity index (χ2n) is 6.92. The zero-order valence-electron chi connectivity index (χ0n) is 15.7. The van der Waals surface area contributed by atoms with Gasteiger partial charge in [-0.05, 0) is 38.0 Å². The number of carboxylic acid groups (broad SMARTS) is 1. The Morgan fingerprint density at radius 1 is 0.783 bits per heavy atom. The lowest BCUT2D eigenvalue weighted by Crippen LogP contribution is -2.07. The minimum absolute atomic E-state index is 0.353. The molecule has 0 fully saturated rings. The Hall–Kier alpha value is -0.790. The molecule has 0 rings (SSSR count). The minimum Gasteiger partial charge on any atom is -0.481 e. The van der Waals surface area contributed by atoms with E-state index in [-0.39, 0.29) is 0 Å². The third kappa shape index (κ3) is 17.4. The highest BCUT2D eigenvalue weighted by molar-refractivity contribution is 5.66. The Kier molecular flexibility index (Phi) is 17.0. The van der Waals surface area contributed by atoms with Crippen molar-refractivity contribution < 1.29 is 9.90 Å². The first-order chi connectivity index (χ1) is 11.2. The van der Waals surface area contributed by atoms with Gasteiger partial charge in [-0.3, -0.25) is 4.79 Å². The number of unbranched alkanes of at least 4 members (excludes halogenated alkanes) is 9. The topological polar surface area (TPSA) is 37.3 Å². The smallest absolute Gasteiger partial charge is 0.303 e. The van der Waals surface area contributed by atoms with Crippen LogP contribution < -0.4 is 0 Å². The van der Waals surface area contributed by atoms with Crippen molar-refractivity contribution >= 4 is 5.97 Å². The molecular weight excluding hydrogens is 284 g/mol. The largest absolute Gasteiger partial charge is 0.481 e. The molecule has 0 amide bonds. The average Bonchev–Trinajstić information content (AvgIpc) is 2.51. The lowest BCUT2D eigenvalue weighted by Gasteiger charge is -2.13. The van der Waals surface area contributed by atoms with E-state index in [0.717, 1.165) is 19.3 Å². The highest BCUT2D eigenvalue weighted by atomic mass is 16.4. The van der Waals surface area contributed by atoms with E-state index in [0.29, 0.717) is 12.3 Å². The summed E-state index contributed by atoms with van der Waals surface area (Å²) in [5.41, 5.74) is 0. The Morgan fingerprint density at radius 2 is 1.35 bits per heavy atom. The fourth-order valence-electron chi connectivity index (χ4n) is 3.15. The van der Waals surface area contributed by atoms with Crippen molar-refractivity contribution in [3.63, 3.8) is 0 Å². The highest BCUT2D eigenvalue weighted by Gasteiger charge is 2.11. The maximum Gasteiger partial charge on any atom is 0.303 e. The first-order valence-corrected chi connectivity index (χ1v) is 10.1. The van der Waals surface area contributed by atoms with Crippen LogP contribution in [0, 0.1) is 5.92 Å². The zero-order chi connectivity index (χ0) is 17.2. The Bertz CT molecular complexity index is 284. The van der Waals surface area contributed by atoms with Crippen molar-refractivity contribution in [2.45, 2.75) is 110 Å². The molecule has 0 aliphatic heterocycles. The van der Waals surface area contributed by atoms with E-state index in [2.05, 4.69) is 26.0 Å². The molecule has 0 spiro atoms. The Morgan fingerprint density at radius 3 is 1.91 bits per heavy atom. The summed E-state index contributed by atoms with van der Waals surface area (Å²) >= 11 is 0. The summed E-state index contributed by atoms with van der Waals surface area (Å²) < 4.78 is 0. The molecule has 0 aliphatic carbocycles. The van der Waals surface area contributed by atoms with Gasteiger partial charge in [0.25, 0.3) is 0 Å².